The number of nitrogens with zero attached hydrogens (tertiary/aromatic N) is 2. The Morgan fingerprint density at radius 1 is 1.23 bits per heavy atom. The zero-order valence-electron chi connectivity index (χ0n) is 15.3. The van der Waals surface area contributed by atoms with E-state index in [2.05, 4.69) is 4.72 Å². The second kappa shape index (κ2) is 6.33. The normalized spacial score (nSPS) is 23.2. The van der Waals surface area contributed by atoms with Crippen molar-refractivity contribution in [3.05, 3.63) is 39.0 Å². The van der Waals surface area contributed by atoms with E-state index in [0.29, 0.717) is 18.7 Å². The van der Waals surface area contributed by atoms with Gasteiger partial charge in [-0.05, 0) is 45.9 Å². The van der Waals surface area contributed by atoms with Gasteiger partial charge in [0.15, 0.2) is 0 Å². The van der Waals surface area contributed by atoms with E-state index in [1.54, 1.807) is 27.7 Å². The summed E-state index contributed by atoms with van der Waals surface area (Å²) in [5.74, 6) is 0. The largest absolute Gasteiger partial charge is 0.374 e. The molecule has 1 N–H and O–H groups in total. The maximum atomic E-state index is 12.8. The first-order chi connectivity index (χ1) is 12.1. The smallest absolute Gasteiger partial charge is 0.331 e. The summed E-state index contributed by atoms with van der Waals surface area (Å²) in [5, 5.41) is 0.208. The van der Waals surface area contributed by atoms with Gasteiger partial charge in [0, 0.05) is 13.1 Å². The van der Waals surface area contributed by atoms with Crippen LogP contribution in [-0.4, -0.2) is 35.8 Å². The van der Waals surface area contributed by atoms with Crippen molar-refractivity contribution in [1.82, 2.24) is 13.9 Å². The standard InChI is InChI=1S/C17H23N3O5S/c1-5-19-14-8-7-12(9-13(14)15(21)20(6-2)16(19)22)26(23,24)18-17(4)10-25-11(17)3/h7-9,11,18H,5-6,10H2,1-4H3/t11-,17+/m1/s1. The molecule has 0 aliphatic carbocycles. The SMILES string of the molecule is CCn1c(=O)c2cc(S(=O)(=O)N[C@@]3(C)CO[C@@H]3C)ccc2n(CC)c1=O. The van der Waals surface area contributed by atoms with Gasteiger partial charge in [-0.15, -0.1) is 0 Å². The maximum absolute atomic E-state index is 12.8. The molecule has 26 heavy (non-hydrogen) atoms. The first-order valence-electron chi connectivity index (χ1n) is 8.57. The van der Waals surface area contributed by atoms with Crippen LogP contribution in [0.15, 0.2) is 32.7 Å². The average Bonchev–Trinajstić information content (AvgIpc) is 2.60. The number of hydrogen-bond acceptors (Lipinski definition) is 5. The van der Waals surface area contributed by atoms with Crippen LogP contribution in [0.1, 0.15) is 27.7 Å². The molecule has 2 aromatic rings. The van der Waals surface area contributed by atoms with Crippen molar-refractivity contribution >= 4 is 20.9 Å². The molecule has 2 atom stereocenters. The molecule has 3 rings (SSSR count). The van der Waals surface area contributed by atoms with Crippen LogP contribution >= 0.6 is 0 Å². The third-order valence-electron chi connectivity index (χ3n) is 5.04. The number of ether oxygens (including phenoxy) is 1. The Hall–Kier alpha value is -1.97. The van der Waals surface area contributed by atoms with Gasteiger partial charge in [0.1, 0.15) is 0 Å². The Kier molecular flexibility index (Phi) is 4.58. The first-order valence-corrected chi connectivity index (χ1v) is 10.1. The molecule has 1 saturated heterocycles. The predicted octanol–water partition coefficient (Wildman–Crippen LogP) is 0.659. The molecule has 1 aliphatic heterocycles. The minimum Gasteiger partial charge on any atom is -0.374 e. The molecule has 0 bridgehead atoms. The third-order valence-corrected chi connectivity index (χ3v) is 6.65. The summed E-state index contributed by atoms with van der Waals surface area (Å²) >= 11 is 0. The molecule has 1 aliphatic rings. The highest BCUT2D eigenvalue weighted by Crippen LogP contribution is 2.27. The minimum atomic E-state index is -3.83. The van der Waals surface area contributed by atoms with Gasteiger partial charge in [0.2, 0.25) is 10.0 Å². The van der Waals surface area contributed by atoms with Gasteiger partial charge in [-0.3, -0.25) is 13.9 Å². The molecular formula is C17H23N3O5S. The summed E-state index contributed by atoms with van der Waals surface area (Å²) in [4.78, 5) is 25.0. The van der Waals surface area contributed by atoms with Crippen molar-refractivity contribution in [2.45, 2.75) is 57.3 Å². The molecule has 8 nitrogen and oxygen atoms in total. The van der Waals surface area contributed by atoms with Gasteiger partial charge >= 0.3 is 5.69 Å². The van der Waals surface area contributed by atoms with Gasteiger partial charge in [-0.25, -0.2) is 17.9 Å². The minimum absolute atomic E-state index is 0.00798. The summed E-state index contributed by atoms with van der Waals surface area (Å²) in [6.07, 6.45) is -0.236. The van der Waals surface area contributed by atoms with Gasteiger partial charge in [0.05, 0.1) is 34.0 Å². The number of hydrogen-bond donors (Lipinski definition) is 1. The van der Waals surface area contributed by atoms with E-state index in [4.69, 9.17) is 4.74 Å². The summed E-state index contributed by atoms with van der Waals surface area (Å²) < 4.78 is 36.1. The fourth-order valence-corrected chi connectivity index (χ4v) is 4.61. The Bertz CT molecular complexity index is 1090. The molecule has 0 amide bonds. The number of aryl methyl sites for hydroxylation is 1. The molecule has 1 aromatic heterocycles. The van der Waals surface area contributed by atoms with Crippen molar-refractivity contribution in [1.29, 1.82) is 0 Å². The van der Waals surface area contributed by atoms with Gasteiger partial charge < -0.3 is 4.74 Å². The second-order valence-electron chi connectivity index (χ2n) is 6.73. The van der Waals surface area contributed by atoms with Gasteiger partial charge in [-0.1, -0.05) is 0 Å². The number of sulfonamides is 1. The number of fused-ring (bicyclic) bond motifs is 1. The van der Waals surface area contributed by atoms with Crippen molar-refractivity contribution in [3.8, 4) is 0 Å². The Morgan fingerprint density at radius 3 is 2.38 bits per heavy atom. The molecular weight excluding hydrogens is 358 g/mol. The van der Waals surface area contributed by atoms with E-state index in [1.165, 1.54) is 22.8 Å². The molecule has 142 valence electrons. The number of benzene rings is 1. The molecule has 0 unspecified atom stereocenters. The first kappa shape index (κ1) is 18.8. The van der Waals surface area contributed by atoms with Gasteiger partial charge in [0.25, 0.3) is 5.56 Å². The topological polar surface area (TPSA) is 99.4 Å². The lowest BCUT2D eigenvalue weighted by atomic mass is 9.93. The average molecular weight is 381 g/mol. The Balaban J connectivity index is 2.18. The molecule has 0 saturated carbocycles. The number of rotatable bonds is 5. The summed E-state index contributed by atoms with van der Waals surface area (Å²) in [6.45, 7) is 7.97. The molecule has 9 heteroatoms. The van der Waals surface area contributed by atoms with E-state index in [0.717, 1.165) is 4.57 Å². The molecule has 1 fully saturated rings. The molecule has 1 aromatic carbocycles. The quantitative estimate of drug-likeness (QED) is 0.820. The monoisotopic (exact) mass is 381 g/mol. The van der Waals surface area contributed by atoms with Crippen molar-refractivity contribution in [2.75, 3.05) is 6.61 Å². The number of aromatic nitrogens is 2. The summed E-state index contributed by atoms with van der Waals surface area (Å²) in [7, 11) is -3.83. The maximum Gasteiger partial charge on any atom is 0.331 e. The molecule has 2 heterocycles. The van der Waals surface area contributed by atoms with Crippen LogP contribution in [0.4, 0.5) is 0 Å². The van der Waals surface area contributed by atoms with Crippen LogP contribution in [-0.2, 0) is 27.8 Å². The lowest BCUT2D eigenvalue weighted by Crippen LogP contribution is -2.65. The fourth-order valence-electron chi connectivity index (χ4n) is 3.13. The van der Waals surface area contributed by atoms with Gasteiger partial charge in [-0.2, -0.15) is 0 Å². The second-order valence-corrected chi connectivity index (χ2v) is 8.41. The predicted molar refractivity (Wildman–Crippen MR) is 98.0 cm³/mol. The third kappa shape index (κ3) is 2.80. The van der Waals surface area contributed by atoms with E-state index < -0.39 is 26.8 Å². The summed E-state index contributed by atoms with van der Waals surface area (Å²) in [5.41, 5.74) is -1.13. The highest BCUT2D eigenvalue weighted by atomic mass is 32.2. The van der Waals surface area contributed by atoms with E-state index >= 15 is 0 Å². The fraction of sp³-hybridized carbons (Fsp3) is 0.529. The van der Waals surface area contributed by atoms with Crippen LogP contribution in [0, 0.1) is 0 Å². The van der Waals surface area contributed by atoms with E-state index in [-0.39, 0.29) is 22.9 Å². The van der Waals surface area contributed by atoms with Crippen LogP contribution in [0.3, 0.4) is 0 Å². The highest BCUT2D eigenvalue weighted by molar-refractivity contribution is 7.89. The zero-order chi connectivity index (χ0) is 19.3. The van der Waals surface area contributed by atoms with Crippen molar-refractivity contribution in [2.24, 2.45) is 0 Å². The Morgan fingerprint density at radius 2 is 1.88 bits per heavy atom. The van der Waals surface area contributed by atoms with Crippen molar-refractivity contribution < 1.29 is 13.2 Å². The number of nitrogens with one attached hydrogen (secondary N) is 1. The van der Waals surface area contributed by atoms with Crippen LogP contribution in [0.5, 0.6) is 0 Å². The van der Waals surface area contributed by atoms with E-state index in [9.17, 15) is 18.0 Å². The lowest BCUT2D eigenvalue weighted by Gasteiger charge is -2.44. The highest BCUT2D eigenvalue weighted by Gasteiger charge is 2.44. The van der Waals surface area contributed by atoms with E-state index in [1.807, 2.05) is 0 Å². The summed E-state index contributed by atoms with van der Waals surface area (Å²) in [6, 6.07) is 4.27. The van der Waals surface area contributed by atoms with Crippen LogP contribution in [0.25, 0.3) is 10.9 Å². The molecule has 0 radical (unpaired) electrons. The van der Waals surface area contributed by atoms with Crippen LogP contribution < -0.4 is 16.0 Å². The van der Waals surface area contributed by atoms with Crippen LogP contribution in [0.2, 0.25) is 0 Å². The lowest BCUT2D eigenvalue weighted by molar-refractivity contribution is -0.120. The molecule has 0 spiro atoms. The zero-order valence-corrected chi connectivity index (χ0v) is 16.1. The Labute approximate surface area is 151 Å². The van der Waals surface area contributed by atoms with Crippen molar-refractivity contribution in [3.63, 3.8) is 0 Å².